The fourth-order valence-electron chi connectivity index (χ4n) is 4.41. The molecule has 2 aromatic rings. The fourth-order valence-corrected chi connectivity index (χ4v) is 4.41. The van der Waals surface area contributed by atoms with Gasteiger partial charge in [0.25, 0.3) is 5.56 Å². The number of carbonyl (C=O) groups is 1. The Morgan fingerprint density at radius 2 is 2.00 bits per heavy atom. The number of carbonyl (C=O) groups excluding carboxylic acids is 1. The van der Waals surface area contributed by atoms with Crippen LogP contribution in [-0.4, -0.2) is 46.9 Å². The van der Waals surface area contributed by atoms with Gasteiger partial charge in [0, 0.05) is 32.2 Å². The number of amides is 1. The van der Waals surface area contributed by atoms with E-state index in [0.29, 0.717) is 24.5 Å². The van der Waals surface area contributed by atoms with Crippen LogP contribution in [-0.2, 0) is 9.53 Å². The first-order chi connectivity index (χ1) is 13.7. The summed E-state index contributed by atoms with van der Waals surface area (Å²) in [5.41, 5.74) is 0.534. The lowest BCUT2D eigenvalue weighted by Crippen LogP contribution is -2.45. The number of ether oxygens (including phenoxy) is 1. The largest absolute Gasteiger partial charge is 0.463 e. The summed E-state index contributed by atoms with van der Waals surface area (Å²) >= 11 is 0. The second-order valence-electron chi connectivity index (χ2n) is 7.76. The smallest absolute Gasteiger partial charge is 0.267 e. The maximum absolute atomic E-state index is 12.9. The lowest BCUT2D eigenvalue weighted by Gasteiger charge is -2.36. The number of hydrogen-bond acceptors (Lipinski definition) is 5. The normalized spacial score (nSPS) is 23.7. The van der Waals surface area contributed by atoms with E-state index in [1.807, 2.05) is 11.0 Å². The molecule has 28 heavy (non-hydrogen) atoms. The molecule has 4 rings (SSSR count). The molecule has 2 aromatic heterocycles. The van der Waals surface area contributed by atoms with E-state index in [9.17, 15) is 9.59 Å². The highest BCUT2D eigenvalue weighted by atomic mass is 16.5. The summed E-state index contributed by atoms with van der Waals surface area (Å²) in [5, 5.41) is 4.51. The van der Waals surface area contributed by atoms with E-state index in [2.05, 4.69) is 5.10 Å². The number of rotatable bonds is 4. The van der Waals surface area contributed by atoms with Gasteiger partial charge in [-0.3, -0.25) is 9.59 Å². The summed E-state index contributed by atoms with van der Waals surface area (Å²) in [6.45, 7) is 1.33. The zero-order valence-electron chi connectivity index (χ0n) is 16.3. The third kappa shape index (κ3) is 3.90. The van der Waals surface area contributed by atoms with Crippen LogP contribution in [0.2, 0.25) is 0 Å². The Bertz CT molecular complexity index is 853. The van der Waals surface area contributed by atoms with Crippen molar-refractivity contribution < 1.29 is 13.9 Å². The van der Waals surface area contributed by atoms with E-state index >= 15 is 0 Å². The first-order valence-corrected chi connectivity index (χ1v) is 10.1. The maximum atomic E-state index is 12.9. The highest BCUT2D eigenvalue weighted by Gasteiger charge is 2.33. The molecule has 2 fully saturated rings. The number of likely N-dealkylation sites (tertiary alicyclic amines) is 1. The van der Waals surface area contributed by atoms with Gasteiger partial charge < -0.3 is 14.1 Å². The van der Waals surface area contributed by atoms with Gasteiger partial charge >= 0.3 is 0 Å². The van der Waals surface area contributed by atoms with Crippen molar-refractivity contribution >= 4 is 5.91 Å². The summed E-state index contributed by atoms with van der Waals surface area (Å²) in [6, 6.07) is 6.86. The molecule has 0 unspecified atom stereocenters. The Morgan fingerprint density at radius 1 is 1.18 bits per heavy atom. The van der Waals surface area contributed by atoms with Gasteiger partial charge in [-0.15, -0.1) is 0 Å². The molecule has 1 aliphatic heterocycles. The summed E-state index contributed by atoms with van der Waals surface area (Å²) in [7, 11) is 1.73. The predicted octanol–water partition coefficient (Wildman–Crippen LogP) is 2.87. The molecule has 1 saturated heterocycles. The molecule has 0 spiro atoms. The van der Waals surface area contributed by atoms with Gasteiger partial charge in [-0.1, -0.05) is 6.42 Å². The number of furan rings is 1. The quantitative estimate of drug-likeness (QED) is 0.809. The van der Waals surface area contributed by atoms with Crippen LogP contribution < -0.4 is 5.56 Å². The van der Waals surface area contributed by atoms with Crippen LogP contribution in [0.1, 0.15) is 44.6 Å². The van der Waals surface area contributed by atoms with Gasteiger partial charge in [0.1, 0.15) is 5.69 Å². The molecule has 7 nitrogen and oxygen atoms in total. The molecule has 2 aliphatic rings. The van der Waals surface area contributed by atoms with Crippen molar-refractivity contribution in [1.82, 2.24) is 14.7 Å². The fraction of sp³-hybridized carbons (Fsp3) is 0.571. The van der Waals surface area contributed by atoms with Crippen molar-refractivity contribution in [1.29, 1.82) is 0 Å². The highest BCUT2D eigenvalue weighted by molar-refractivity contribution is 5.79. The molecular formula is C21H27N3O4. The number of nitrogens with zero attached hydrogens (tertiary/aromatic N) is 3. The predicted molar refractivity (Wildman–Crippen MR) is 104 cm³/mol. The minimum absolute atomic E-state index is 0.00421. The average Bonchev–Trinajstić information content (AvgIpc) is 3.29. The second kappa shape index (κ2) is 8.31. The van der Waals surface area contributed by atoms with Gasteiger partial charge in [-0.25, -0.2) is 4.68 Å². The molecule has 0 N–H and O–H groups in total. The summed E-state index contributed by atoms with van der Waals surface area (Å²) in [4.78, 5) is 27.2. The molecule has 0 radical (unpaired) electrons. The molecule has 1 aliphatic carbocycles. The lowest BCUT2D eigenvalue weighted by atomic mass is 9.85. The minimum atomic E-state index is -0.115. The number of methoxy groups -OCH3 is 1. The van der Waals surface area contributed by atoms with Gasteiger partial charge in [0.05, 0.1) is 18.4 Å². The highest BCUT2D eigenvalue weighted by Crippen LogP contribution is 2.30. The Balaban J connectivity index is 1.41. The van der Waals surface area contributed by atoms with Gasteiger partial charge in [-0.05, 0) is 50.3 Å². The summed E-state index contributed by atoms with van der Waals surface area (Å²) in [6.07, 6.45) is 7.13. The molecule has 150 valence electrons. The third-order valence-electron chi connectivity index (χ3n) is 6.03. The van der Waals surface area contributed by atoms with Crippen molar-refractivity contribution in [2.24, 2.45) is 5.92 Å². The lowest BCUT2D eigenvalue weighted by molar-refractivity contribution is -0.139. The van der Waals surface area contributed by atoms with E-state index < -0.39 is 0 Å². The van der Waals surface area contributed by atoms with Crippen LogP contribution >= 0.6 is 0 Å². The molecule has 0 aromatic carbocycles. The number of piperidine rings is 1. The SMILES string of the molecule is CO[C@H]1CCC[C@H](C(=O)N2CCC(n3nc(-c4ccco4)ccc3=O)CC2)C1. The zero-order valence-corrected chi connectivity index (χ0v) is 16.3. The van der Waals surface area contributed by atoms with Crippen LogP contribution in [0.15, 0.2) is 39.7 Å². The van der Waals surface area contributed by atoms with E-state index in [1.165, 1.54) is 6.07 Å². The molecule has 0 bridgehead atoms. The van der Waals surface area contributed by atoms with Crippen molar-refractivity contribution in [2.45, 2.75) is 50.7 Å². The molecule has 7 heteroatoms. The van der Waals surface area contributed by atoms with Gasteiger partial charge in [0.2, 0.25) is 5.91 Å². The first kappa shape index (κ1) is 18.9. The minimum Gasteiger partial charge on any atom is -0.463 e. The first-order valence-electron chi connectivity index (χ1n) is 10.1. The molecule has 2 atom stereocenters. The zero-order chi connectivity index (χ0) is 19.5. The Kier molecular flexibility index (Phi) is 5.62. The van der Waals surface area contributed by atoms with E-state index in [1.54, 1.807) is 30.2 Å². The molecule has 3 heterocycles. The third-order valence-corrected chi connectivity index (χ3v) is 6.03. The van der Waals surface area contributed by atoms with Crippen LogP contribution in [0.4, 0.5) is 0 Å². The summed E-state index contributed by atoms with van der Waals surface area (Å²) < 4.78 is 12.4. The van der Waals surface area contributed by atoms with Crippen LogP contribution in [0, 0.1) is 5.92 Å². The van der Waals surface area contributed by atoms with E-state index in [-0.39, 0.29) is 29.5 Å². The average molecular weight is 385 g/mol. The van der Waals surface area contributed by atoms with Crippen molar-refractivity contribution in [3.8, 4) is 11.5 Å². The van der Waals surface area contributed by atoms with Crippen molar-refractivity contribution in [3.63, 3.8) is 0 Å². The van der Waals surface area contributed by atoms with Crippen molar-refractivity contribution in [2.75, 3.05) is 20.2 Å². The Labute approximate surface area is 164 Å². The molecular weight excluding hydrogens is 358 g/mol. The molecule has 1 amide bonds. The van der Waals surface area contributed by atoms with Crippen molar-refractivity contribution in [3.05, 3.63) is 40.9 Å². The molecule has 1 saturated carbocycles. The maximum Gasteiger partial charge on any atom is 0.267 e. The Hall–Kier alpha value is -2.41. The van der Waals surface area contributed by atoms with Crippen LogP contribution in [0.25, 0.3) is 11.5 Å². The van der Waals surface area contributed by atoms with Gasteiger partial charge in [0.15, 0.2) is 5.76 Å². The monoisotopic (exact) mass is 385 g/mol. The van der Waals surface area contributed by atoms with E-state index in [0.717, 1.165) is 38.5 Å². The standard InChI is InChI=1S/C21H27N3O4/c1-27-17-5-2-4-15(14-17)21(26)23-11-9-16(10-12-23)24-20(25)8-7-18(22-24)19-6-3-13-28-19/h3,6-8,13,15-17H,2,4-5,9-12,14H2,1H3/t15-,17-/m0/s1. The topological polar surface area (TPSA) is 77.6 Å². The van der Waals surface area contributed by atoms with Gasteiger partial charge in [-0.2, -0.15) is 5.10 Å². The summed E-state index contributed by atoms with van der Waals surface area (Å²) in [5.74, 6) is 0.953. The number of hydrogen-bond donors (Lipinski definition) is 0. The van der Waals surface area contributed by atoms with Crippen LogP contribution in [0.3, 0.4) is 0 Å². The van der Waals surface area contributed by atoms with Crippen LogP contribution in [0.5, 0.6) is 0 Å². The van der Waals surface area contributed by atoms with E-state index in [4.69, 9.17) is 9.15 Å². The second-order valence-corrected chi connectivity index (χ2v) is 7.76. The number of aromatic nitrogens is 2. The Morgan fingerprint density at radius 3 is 2.71 bits per heavy atom.